The molecule has 0 saturated heterocycles. The van der Waals surface area contributed by atoms with Crippen molar-refractivity contribution >= 4 is 29.9 Å². The van der Waals surface area contributed by atoms with E-state index >= 15 is 0 Å². The highest BCUT2D eigenvalue weighted by Gasteiger charge is 2.08. The highest BCUT2D eigenvalue weighted by Crippen LogP contribution is 2.22. The lowest BCUT2D eigenvalue weighted by atomic mass is 10.1. The van der Waals surface area contributed by atoms with Crippen LogP contribution in [-0.4, -0.2) is 30.5 Å². The number of benzene rings is 2. The highest BCUT2D eigenvalue weighted by atomic mass is 32.2. The number of ether oxygens (including phenoxy) is 1. The van der Waals surface area contributed by atoms with Gasteiger partial charge in [0.25, 0.3) is 0 Å². The maximum absolute atomic E-state index is 12.0. The zero-order valence-electron chi connectivity index (χ0n) is 18.4. The van der Waals surface area contributed by atoms with Gasteiger partial charge in [-0.25, -0.2) is 10.2 Å². The number of nitrogens with one attached hydrogen (secondary N) is 1. The number of furan rings is 1. The average molecular weight is 451 g/mol. The Bertz CT molecular complexity index is 1080. The molecule has 6 nitrogen and oxygen atoms in total. The molecule has 0 saturated carbocycles. The number of rotatable bonds is 9. The third-order valence-corrected chi connectivity index (χ3v) is 5.48. The average Bonchev–Trinajstić information content (AvgIpc) is 3.22. The number of thioether (sulfide) groups is 1. The first-order valence-corrected chi connectivity index (χ1v) is 11.4. The molecule has 0 unspecified atom stereocenters. The van der Waals surface area contributed by atoms with Crippen molar-refractivity contribution in [3.05, 3.63) is 82.6 Å². The first kappa shape index (κ1) is 23.3. The van der Waals surface area contributed by atoms with Crippen LogP contribution in [0.3, 0.4) is 0 Å². The zero-order valence-corrected chi connectivity index (χ0v) is 19.2. The van der Waals surface area contributed by atoms with Gasteiger partial charge in [0.1, 0.15) is 11.5 Å². The van der Waals surface area contributed by atoms with Gasteiger partial charge in [-0.3, -0.25) is 4.79 Å². The zero-order chi connectivity index (χ0) is 22.9. The maximum Gasteiger partial charge on any atom is 0.338 e. The molecule has 1 amide bonds. The van der Waals surface area contributed by atoms with Crippen LogP contribution in [0.25, 0.3) is 11.3 Å². The van der Waals surface area contributed by atoms with Crippen LogP contribution in [0.5, 0.6) is 0 Å². The Labute approximate surface area is 192 Å². The van der Waals surface area contributed by atoms with Crippen LogP contribution in [0, 0.1) is 13.8 Å². The summed E-state index contributed by atoms with van der Waals surface area (Å²) < 4.78 is 10.7. The summed E-state index contributed by atoms with van der Waals surface area (Å²) in [5, 5.41) is 3.97. The maximum atomic E-state index is 12.0. The molecule has 166 valence electrons. The molecule has 3 aromatic rings. The molecule has 0 radical (unpaired) electrons. The predicted octanol–water partition coefficient (Wildman–Crippen LogP) is 5.12. The number of carbonyl (C=O) groups is 2. The fourth-order valence-electron chi connectivity index (χ4n) is 3.18. The number of hydrazone groups is 1. The van der Waals surface area contributed by atoms with Crippen molar-refractivity contribution in [2.75, 3.05) is 12.4 Å². The van der Waals surface area contributed by atoms with Crippen LogP contribution < -0.4 is 5.43 Å². The minimum atomic E-state index is -0.353. The molecule has 3 rings (SSSR count). The summed E-state index contributed by atoms with van der Waals surface area (Å²) in [6.07, 6.45) is 1.46. The molecular weight excluding hydrogens is 424 g/mol. The molecule has 1 aromatic heterocycles. The van der Waals surface area contributed by atoms with Gasteiger partial charge in [0, 0.05) is 11.3 Å². The van der Waals surface area contributed by atoms with Gasteiger partial charge in [-0.2, -0.15) is 5.10 Å². The van der Waals surface area contributed by atoms with E-state index in [1.54, 1.807) is 49.0 Å². The van der Waals surface area contributed by atoms with E-state index in [-0.39, 0.29) is 11.9 Å². The van der Waals surface area contributed by atoms with Crippen LogP contribution in [-0.2, 0) is 15.3 Å². The summed E-state index contributed by atoms with van der Waals surface area (Å²) in [5.41, 5.74) is 7.49. The largest absolute Gasteiger partial charge is 0.462 e. The Balaban J connectivity index is 1.47. The Morgan fingerprint density at radius 3 is 2.47 bits per heavy atom. The van der Waals surface area contributed by atoms with Crippen LogP contribution in [0.2, 0.25) is 0 Å². The van der Waals surface area contributed by atoms with Crippen LogP contribution in [0.15, 0.2) is 64.1 Å². The fraction of sp³-hybridized carbons (Fsp3) is 0.240. The number of hydrogen-bond acceptors (Lipinski definition) is 6. The van der Waals surface area contributed by atoms with E-state index < -0.39 is 0 Å². The van der Waals surface area contributed by atoms with Gasteiger partial charge >= 0.3 is 5.97 Å². The third-order valence-electron chi connectivity index (χ3n) is 4.47. The molecule has 0 atom stereocenters. The standard InChI is InChI=1S/C25H26N2O4S/c1-4-30-25(29)21-7-5-20(6-8-21)23-10-9-22(31-23)14-26-27-24(28)16-32-15-19-12-17(2)11-18(3)13-19/h5-14H,4,15-16H2,1-3H3,(H,27,28)/b26-14+. The van der Waals surface area contributed by atoms with Crippen molar-refractivity contribution in [1.29, 1.82) is 0 Å². The minimum Gasteiger partial charge on any atom is -0.462 e. The van der Waals surface area contributed by atoms with E-state index in [0.29, 0.717) is 29.4 Å². The monoisotopic (exact) mass is 450 g/mol. The van der Waals surface area contributed by atoms with E-state index in [9.17, 15) is 9.59 Å². The molecule has 0 fully saturated rings. The summed E-state index contributed by atoms with van der Waals surface area (Å²) in [5.74, 6) is 1.72. The van der Waals surface area contributed by atoms with Gasteiger partial charge in [0.05, 0.1) is 24.1 Å². The molecule has 1 heterocycles. The van der Waals surface area contributed by atoms with Gasteiger partial charge in [0.15, 0.2) is 0 Å². The first-order valence-electron chi connectivity index (χ1n) is 10.3. The van der Waals surface area contributed by atoms with Crippen molar-refractivity contribution in [2.45, 2.75) is 26.5 Å². The topological polar surface area (TPSA) is 80.9 Å². The van der Waals surface area contributed by atoms with Gasteiger partial charge < -0.3 is 9.15 Å². The molecule has 0 aliphatic carbocycles. The summed E-state index contributed by atoms with van der Waals surface area (Å²) in [4.78, 5) is 23.7. The lowest BCUT2D eigenvalue weighted by Crippen LogP contribution is -2.19. The van der Waals surface area contributed by atoms with E-state index in [4.69, 9.17) is 9.15 Å². The highest BCUT2D eigenvalue weighted by molar-refractivity contribution is 7.99. The Morgan fingerprint density at radius 1 is 1.06 bits per heavy atom. The van der Waals surface area contributed by atoms with Gasteiger partial charge in [-0.1, -0.05) is 41.5 Å². The first-order chi connectivity index (χ1) is 15.4. The number of aryl methyl sites for hydroxylation is 2. The van der Waals surface area contributed by atoms with Crippen LogP contribution >= 0.6 is 11.8 Å². The van der Waals surface area contributed by atoms with Gasteiger partial charge in [-0.05, 0) is 50.6 Å². The fourth-order valence-corrected chi connectivity index (χ4v) is 3.93. The smallest absolute Gasteiger partial charge is 0.338 e. The van der Waals surface area contributed by atoms with Gasteiger partial charge in [-0.15, -0.1) is 11.8 Å². The van der Waals surface area contributed by atoms with E-state index in [2.05, 4.69) is 42.6 Å². The molecule has 2 aromatic carbocycles. The van der Waals surface area contributed by atoms with Crippen molar-refractivity contribution in [2.24, 2.45) is 5.10 Å². The van der Waals surface area contributed by atoms with Crippen molar-refractivity contribution in [3.63, 3.8) is 0 Å². The summed E-state index contributed by atoms with van der Waals surface area (Å²) in [7, 11) is 0. The van der Waals surface area contributed by atoms with Crippen LogP contribution in [0.1, 0.15) is 39.7 Å². The van der Waals surface area contributed by atoms with E-state index in [0.717, 1.165) is 11.3 Å². The lowest BCUT2D eigenvalue weighted by Gasteiger charge is -2.04. The van der Waals surface area contributed by atoms with Crippen molar-refractivity contribution in [1.82, 2.24) is 5.43 Å². The second-order valence-corrected chi connectivity index (χ2v) is 8.27. The minimum absolute atomic E-state index is 0.169. The van der Waals surface area contributed by atoms with Gasteiger partial charge in [0.2, 0.25) is 5.91 Å². The summed E-state index contributed by atoms with van der Waals surface area (Å²) >= 11 is 1.54. The number of hydrogen-bond donors (Lipinski definition) is 1. The van der Waals surface area contributed by atoms with Crippen molar-refractivity contribution < 1.29 is 18.7 Å². The molecule has 0 bridgehead atoms. The molecule has 0 spiro atoms. The van der Waals surface area contributed by atoms with E-state index in [1.807, 2.05) is 6.07 Å². The Kier molecular flexibility index (Phi) is 8.27. The Morgan fingerprint density at radius 2 is 1.78 bits per heavy atom. The molecular formula is C25H26N2O4S. The molecule has 0 aliphatic heterocycles. The second-order valence-electron chi connectivity index (χ2n) is 7.28. The summed E-state index contributed by atoms with van der Waals surface area (Å²) in [6, 6.07) is 16.9. The number of carbonyl (C=O) groups excluding carboxylic acids is 2. The number of amides is 1. The van der Waals surface area contributed by atoms with Crippen molar-refractivity contribution in [3.8, 4) is 11.3 Å². The third kappa shape index (κ3) is 6.85. The van der Waals surface area contributed by atoms with Crippen LogP contribution in [0.4, 0.5) is 0 Å². The Hall–Kier alpha value is -3.32. The number of nitrogens with zero attached hydrogens (tertiary/aromatic N) is 1. The summed E-state index contributed by atoms with van der Waals surface area (Å²) in [6.45, 7) is 6.25. The SMILES string of the molecule is CCOC(=O)c1ccc(-c2ccc(/C=N/NC(=O)CSCc3cc(C)cc(C)c3)o2)cc1. The molecule has 7 heteroatoms. The lowest BCUT2D eigenvalue weighted by molar-refractivity contribution is -0.118. The molecule has 1 N–H and O–H groups in total. The number of esters is 1. The quantitative estimate of drug-likeness (QED) is 0.278. The molecule has 32 heavy (non-hydrogen) atoms. The normalized spacial score (nSPS) is 11.0. The van der Waals surface area contributed by atoms with E-state index in [1.165, 1.54) is 22.9 Å². The predicted molar refractivity (Wildman–Crippen MR) is 128 cm³/mol. The second kappa shape index (κ2) is 11.3. The molecule has 0 aliphatic rings.